The highest BCUT2D eigenvalue weighted by molar-refractivity contribution is 4.97. The van der Waals surface area contributed by atoms with Gasteiger partial charge in [0.05, 0.1) is 5.60 Å². The van der Waals surface area contributed by atoms with Crippen LogP contribution < -0.4 is 0 Å². The number of imidazole rings is 1. The van der Waals surface area contributed by atoms with Crippen LogP contribution in [0.5, 0.6) is 0 Å². The molecule has 1 aromatic heterocycles. The van der Waals surface area contributed by atoms with Crippen LogP contribution in [0.1, 0.15) is 44.9 Å². The summed E-state index contributed by atoms with van der Waals surface area (Å²) in [5.41, 5.74) is -0.448. The molecule has 1 fully saturated rings. The van der Waals surface area contributed by atoms with Gasteiger partial charge in [0.2, 0.25) is 0 Å². The van der Waals surface area contributed by atoms with Crippen LogP contribution in [0.15, 0.2) is 12.4 Å². The average Bonchev–Trinajstić information content (AvgIpc) is 2.89. The molecule has 1 aliphatic heterocycles. The van der Waals surface area contributed by atoms with Crippen molar-refractivity contribution in [3.05, 3.63) is 18.2 Å². The summed E-state index contributed by atoms with van der Waals surface area (Å²) in [6.45, 7) is 5.28. The summed E-state index contributed by atoms with van der Waals surface area (Å²) in [6.07, 6.45) is 10.6. The maximum absolute atomic E-state index is 10.8. The monoisotopic (exact) mass is 291 g/mol. The molecule has 1 atom stereocenters. The minimum absolute atomic E-state index is 0.448. The van der Waals surface area contributed by atoms with E-state index in [1.54, 1.807) is 0 Å². The molecule has 1 aliphatic carbocycles. The molecule has 21 heavy (non-hydrogen) atoms. The van der Waals surface area contributed by atoms with Gasteiger partial charge in [-0.15, -0.1) is 0 Å². The first-order chi connectivity index (χ1) is 10.0. The van der Waals surface area contributed by atoms with Crippen molar-refractivity contribution in [2.45, 2.75) is 57.6 Å². The van der Waals surface area contributed by atoms with Gasteiger partial charge in [-0.2, -0.15) is 0 Å². The van der Waals surface area contributed by atoms with Crippen molar-refractivity contribution in [3.8, 4) is 0 Å². The van der Waals surface area contributed by atoms with Gasteiger partial charge in [0.1, 0.15) is 5.82 Å². The van der Waals surface area contributed by atoms with Crippen LogP contribution in [0.2, 0.25) is 0 Å². The third-order valence-electron chi connectivity index (χ3n) is 5.37. The van der Waals surface area contributed by atoms with Crippen molar-refractivity contribution in [1.82, 2.24) is 14.5 Å². The SMILES string of the molecule is CC1CCC(O)(CN(C)C[C@@H]2CCc3nccn3C2)CC1. The summed E-state index contributed by atoms with van der Waals surface area (Å²) in [4.78, 5) is 6.74. The first-order valence-electron chi connectivity index (χ1n) is 8.45. The van der Waals surface area contributed by atoms with Gasteiger partial charge in [-0.1, -0.05) is 6.92 Å². The fourth-order valence-corrected chi connectivity index (χ4v) is 4.05. The zero-order valence-electron chi connectivity index (χ0n) is 13.5. The average molecular weight is 291 g/mol. The third-order valence-corrected chi connectivity index (χ3v) is 5.37. The minimum atomic E-state index is -0.448. The molecule has 3 rings (SSSR count). The van der Waals surface area contributed by atoms with E-state index in [2.05, 4.69) is 34.6 Å². The first-order valence-corrected chi connectivity index (χ1v) is 8.45. The summed E-state index contributed by atoms with van der Waals surface area (Å²) < 4.78 is 2.29. The molecule has 0 spiro atoms. The molecule has 0 saturated heterocycles. The van der Waals surface area contributed by atoms with Gasteiger partial charge in [-0.05, 0) is 51.0 Å². The zero-order valence-corrected chi connectivity index (χ0v) is 13.5. The van der Waals surface area contributed by atoms with Crippen molar-refractivity contribution < 1.29 is 5.11 Å². The molecular formula is C17H29N3O. The molecule has 1 N–H and O–H groups in total. The molecule has 0 aromatic carbocycles. The van der Waals surface area contributed by atoms with E-state index in [4.69, 9.17) is 0 Å². The number of hydrogen-bond acceptors (Lipinski definition) is 3. The molecule has 0 radical (unpaired) electrons. The summed E-state index contributed by atoms with van der Waals surface area (Å²) in [5.74, 6) is 2.70. The Morgan fingerprint density at radius 3 is 2.90 bits per heavy atom. The van der Waals surface area contributed by atoms with Gasteiger partial charge in [-0.25, -0.2) is 4.98 Å². The minimum Gasteiger partial charge on any atom is -0.389 e. The Labute approximate surface area is 128 Å². The molecule has 118 valence electrons. The van der Waals surface area contributed by atoms with Crippen LogP contribution >= 0.6 is 0 Å². The molecule has 0 amide bonds. The molecular weight excluding hydrogens is 262 g/mol. The molecule has 1 aromatic rings. The lowest BCUT2D eigenvalue weighted by atomic mass is 9.79. The standard InChI is InChI=1S/C17H29N3O/c1-14-5-7-17(21,8-6-14)13-19(2)11-15-3-4-16-18-9-10-20(16)12-15/h9-10,14-15,21H,3-8,11-13H2,1-2H3/t14?,15-,17?/m0/s1. The van der Waals surface area contributed by atoms with E-state index in [9.17, 15) is 5.11 Å². The number of hydrogen-bond donors (Lipinski definition) is 1. The smallest absolute Gasteiger partial charge is 0.108 e. The first kappa shape index (κ1) is 15.0. The third kappa shape index (κ3) is 3.67. The Kier molecular flexibility index (Phi) is 4.36. The summed E-state index contributed by atoms with van der Waals surface area (Å²) in [6, 6.07) is 0. The largest absolute Gasteiger partial charge is 0.389 e. The highest BCUT2D eigenvalue weighted by Gasteiger charge is 2.33. The van der Waals surface area contributed by atoms with Crippen LogP contribution in [0.3, 0.4) is 0 Å². The Morgan fingerprint density at radius 2 is 2.14 bits per heavy atom. The zero-order chi connectivity index (χ0) is 14.9. The molecule has 2 aliphatic rings. The normalized spacial score (nSPS) is 33.1. The molecule has 0 unspecified atom stereocenters. The molecule has 2 heterocycles. The number of aryl methyl sites for hydroxylation is 1. The van der Waals surface area contributed by atoms with Crippen LogP contribution in [0.4, 0.5) is 0 Å². The predicted molar refractivity (Wildman–Crippen MR) is 84.1 cm³/mol. The van der Waals surface area contributed by atoms with Gasteiger partial charge in [-0.3, -0.25) is 0 Å². The van der Waals surface area contributed by atoms with E-state index < -0.39 is 5.60 Å². The van der Waals surface area contributed by atoms with E-state index in [-0.39, 0.29) is 0 Å². The van der Waals surface area contributed by atoms with Crippen LogP contribution in [0, 0.1) is 11.8 Å². The van der Waals surface area contributed by atoms with E-state index in [1.165, 1.54) is 25.1 Å². The fraction of sp³-hybridized carbons (Fsp3) is 0.824. The van der Waals surface area contributed by atoms with Crippen molar-refractivity contribution in [1.29, 1.82) is 0 Å². The van der Waals surface area contributed by atoms with Crippen molar-refractivity contribution in [2.75, 3.05) is 20.1 Å². The van der Waals surface area contributed by atoms with Crippen LogP contribution in [-0.2, 0) is 13.0 Å². The lowest BCUT2D eigenvalue weighted by Crippen LogP contribution is -2.45. The molecule has 0 bridgehead atoms. The quantitative estimate of drug-likeness (QED) is 0.925. The fourth-order valence-electron chi connectivity index (χ4n) is 4.05. The Hall–Kier alpha value is -0.870. The van der Waals surface area contributed by atoms with Gasteiger partial charge < -0.3 is 14.6 Å². The second-order valence-electron chi connectivity index (χ2n) is 7.50. The van der Waals surface area contributed by atoms with E-state index >= 15 is 0 Å². The second-order valence-corrected chi connectivity index (χ2v) is 7.50. The van der Waals surface area contributed by atoms with Gasteiger partial charge in [0, 0.05) is 38.4 Å². The number of rotatable bonds is 4. The topological polar surface area (TPSA) is 41.3 Å². The molecule has 4 heteroatoms. The number of aromatic nitrogens is 2. The highest BCUT2D eigenvalue weighted by Crippen LogP contribution is 2.32. The summed E-state index contributed by atoms with van der Waals surface area (Å²) in [5, 5.41) is 10.8. The lowest BCUT2D eigenvalue weighted by Gasteiger charge is -2.39. The predicted octanol–water partition coefficient (Wildman–Crippen LogP) is 2.32. The van der Waals surface area contributed by atoms with E-state index in [0.29, 0.717) is 5.92 Å². The number of fused-ring (bicyclic) bond motifs is 1. The van der Waals surface area contributed by atoms with Gasteiger partial charge >= 0.3 is 0 Å². The Bertz CT molecular complexity index is 462. The maximum Gasteiger partial charge on any atom is 0.108 e. The summed E-state index contributed by atoms with van der Waals surface area (Å²) in [7, 11) is 2.17. The van der Waals surface area contributed by atoms with Gasteiger partial charge in [0.15, 0.2) is 0 Å². The van der Waals surface area contributed by atoms with Crippen LogP contribution in [-0.4, -0.2) is 45.3 Å². The van der Waals surface area contributed by atoms with E-state index in [1.807, 2.05) is 6.20 Å². The van der Waals surface area contributed by atoms with Crippen molar-refractivity contribution in [2.24, 2.45) is 11.8 Å². The van der Waals surface area contributed by atoms with Crippen LogP contribution in [0.25, 0.3) is 0 Å². The lowest BCUT2D eigenvalue weighted by molar-refractivity contribution is -0.0331. The second kappa shape index (κ2) is 6.09. The molecule has 4 nitrogen and oxygen atoms in total. The van der Waals surface area contributed by atoms with Crippen molar-refractivity contribution in [3.63, 3.8) is 0 Å². The summed E-state index contributed by atoms with van der Waals surface area (Å²) >= 11 is 0. The number of aliphatic hydroxyl groups is 1. The van der Waals surface area contributed by atoms with Crippen molar-refractivity contribution >= 4 is 0 Å². The number of likely N-dealkylation sites (N-methyl/N-ethyl adjacent to an activating group) is 1. The molecule has 1 saturated carbocycles. The Morgan fingerprint density at radius 1 is 1.38 bits per heavy atom. The Balaban J connectivity index is 1.49. The van der Waals surface area contributed by atoms with E-state index in [0.717, 1.165) is 44.8 Å². The number of nitrogens with zero attached hydrogens (tertiary/aromatic N) is 3. The highest BCUT2D eigenvalue weighted by atomic mass is 16.3. The maximum atomic E-state index is 10.8. The van der Waals surface area contributed by atoms with Gasteiger partial charge in [0.25, 0.3) is 0 Å².